The highest BCUT2D eigenvalue weighted by Gasteiger charge is 2.33. The second kappa shape index (κ2) is 6.93. The summed E-state index contributed by atoms with van der Waals surface area (Å²) in [5.74, 6) is -0.376. The van der Waals surface area contributed by atoms with Gasteiger partial charge in [-0.05, 0) is 37.9 Å². The van der Waals surface area contributed by atoms with Crippen molar-refractivity contribution < 1.29 is 18.0 Å². The fourth-order valence-corrected chi connectivity index (χ4v) is 2.53. The van der Waals surface area contributed by atoms with Crippen molar-refractivity contribution >= 4 is 11.6 Å². The molecule has 1 atom stereocenters. The number of carbonyl (C=O) groups excluding carboxylic acids is 1. The number of hydrogen-bond donors (Lipinski definition) is 2. The molecule has 1 aliphatic rings. The van der Waals surface area contributed by atoms with E-state index >= 15 is 0 Å². The monoisotopic (exact) mass is 300 g/mol. The van der Waals surface area contributed by atoms with Gasteiger partial charge in [-0.15, -0.1) is 0 Å². The van der Waals surface area contributed by atoms with Crippen LogP contribution in [0.5, 0.6) is 0 Å². The SMILES string of the molecule is O=C(CCC1CCCCN1)Nc1ccccc1C(F)(F)F. The van der Waals surface area contributed by atoms with E-state index < -0.39 is 11.7 Å². The minimum atomic E-state index is -4.46. The van der Waals surface area contributed by atoms with Gasteiger partial charge in [0.2, 0.25) is 5.91 Å². The molecule has 116 valence electrons. The quantitative estimate of drug-likeness (QED) is 0.892. The van der Waals surface area contributed by atoms with E-state index in [1.165, 1.54) is 18.2 Å². The van der Waals surface area contributed by atoms with Crippen molar-refractivity contribution in [3.05, 3.63) is 29.8 Å². The molecule has 0 saturated carbocycles. The Balaban J connectivity index is 1.90. The molecule has 6 heteroatoms. The topological polar surface area (TPSA) is 41.1 Å². The van der Waals surface area contributed by atoms with Gasteiger partial charge >= 0.3 is 6.18 Å². The summed E-state index contributed by atoms with van der Waals surface area (Å²) in [6.07, 6.45) is -0.289. The fraction of sp³-hybridized carbons (Fsp3) is 0.533. The molecule has 0 spiro atoms. The summed E-state index contributed by atoms with van der Waals surface area (Å²) in [5.41, 5.74) is -0.985. The standard InChI is InChI=1S/C15H19F3N2O/c16-15(17,18)12-6-1-2-7-13(12)20-14(21)9-8-11-5-3-4-10-19-11/h1-2,6-7,11,19H,3-5,8-10H2,(H,20,21). The molecule has 0 bridgehead atoms. The van der Waals surface area contributed by atoms with Crippen LogP contribution in [0.2, 0.25) is 0 Å². The Morgan fingerprint density at radius 3 is 2.71 bits per heavy atom. The minimum absolute atomic E-state index is 0.174. The zero-order valence-corrected chi connectivity index (χ0v) is 11.7. The van der Waals surface area contributed by atoms with Crippen LogP contribution < -0.4 is 10.6 Å². The van der Waals surface area contributed by atoms with E-state index in [0.717, 1.165) is 31.9 Å². The van der Waals surface area contributed by atoms with Gasteiger partial charge in [0.1, 0.15) is 0 Å². The number of para-hydroxylation sites is 1. The Labute approximate surface area is 121 Å². The maximum Gasteiger partial charge on any atom is 0.418 e. The molecule has 1 saturated heterocycles. The molecular weight excluding hydrogens is 281 g/mol. The highest BCUT2D eigenvalue weighted by Crippen LogP contribution is 2.34. The summed E-state index contributed by atoms with van der Waals surface area (Å²) < 4.78 is 38.4. The number of nitrogens with one attached hydrogen (secondary N) is 2. The number of benzene rings is 1. The van der Waals surface area contributed by atoms with Crippen molar-refractivity contribution in [2.24, 2.45) is 0 Å². The van der Waals surface area contributed by atoms with Crippen LogP contribution >= 0.6 is 0 Å². The number of amides is 1. The lowest BCUT2D eigenvalue weighted by Crippen LogP contribution is -2.34. The first kappa shape index (κ1) is 15.8. The molecule has 1 unspecified atom stereocenters. The molecule has 1 aliphatic heterocycles. The average molecular weight is 300 g/mol. The van der Waals surface area contributed by atoms with Crippen LogP contribution in [0.15, 0.2) is 24.3 Å². The van der Waals surface area contributed by atoms with E-state index in [4.69, 9.17) is 0 Å². The first-order valence-electron chi connectivity index (χ1n) is 7.16. The Hall–Kier alpha value is -1.56. The summed E-state index contributed by atoms with van der Waals surface area (Å²) >= 11 is 0. The van der Waals surface area contributed by atoms with E-state index in [0.29, 0.717) is 12.5 Å². The van der Waals surface area contributed by atoms with E-state index in [2.05, 4.69) is 10.6 Å². The molecule has 1 aromatic rings. The van der Waals surface area contributed by atoms with Crippen LogP contribution in [0.4, 0.5) is 18.9 Å². The predicted octanol–water partition coefficient (Wildman–Crippen LogP) is 3.57. The Morgan fingerprint density at radius 2 is 2.05 bits per heavy atom. The lowest BCUT2D eigenvalue weighted by atomic mass is 10.0. The second-order valence-electron chi connectivity index (χ2n) is 5.28. The molecule has 1 amide bonds. The largest absolute Gasteiger partial charge is 0.418 e. The number of anilines is 1. The molecule has 2 N–H and O–H groups in total. The van der Waals surface area contributed by atoms with Gasteiger partial charge < -0.3 is 10.6 Å². The third-order valence-corrected chi connectivity index (χ3v) is 3.64. The van der Waals surface area contributed by atoms with E-state index in [-0.39, 0.29) is 18.0 Å². The molecule has 1 aromatic carbocycles. The summed E-state index contributed by atoms with van der Waals surface area (Å²) in [6.45, 7) is 0.948. The van der Waals surface area contributed by atoms with Crippen LogP contribution in [0, 0.1) is 0 Å². The molecule has 3 nitrogen and oxygen atoms in total. The van der Waals surface area contributed by atoms with Gasteiger partial charge in [-0.1, -0.05) is 18.6 Å². The zero-order valence-electron chi connectivity index (χ0n) is 11.7. The highest BCUT2D eigenvalue weighted by atomic mass is 19.4. The summed E-state index contributed by atoms with van der Waals surface area (Å²) in [5, 5.41) is 5.68. The number of carbonyl (C=O) groups is 1. The Morgan fingerprint density at radius 1 is 1.29 bits per heavy atom. The molecule has 1 heterocycles. The average Bonchev–Trinajstić information content (AvgIpc) is 2.46. The Bertz CT molecular complexity index is 482. The van der Waals surface area contributed by atoms with Crippen molar-refractivity contribution in [2.45, 2.75) is 44.3 Å². The minimum Gasteiger partial charge on any atom is -0.326 e. The first-order chi connectivity index (χ1) is 9.97. The lowest BCUT2D eigenvalue weighted by Gasteiger charge is -2.23. The van der Waals surface area contributed by atoms with Gasteiger partial charge in [-0.3, -0.25) is 4.79 Å². The Kier molecular flexibility index (Phi) is 5.22. The zero-order chi connectivity index (χ0) is 15.3. The summed E-state index contributed by atoms with van der Waals surface area (Å²) in [7, 11) is 0. The predicted molar refractivity (Wildman–Crippen MR) is 74.9 cm³/mol. The number of halogens is 3. The molecule has 1 fully saturated rings. The smallest absolute Gasteiger partial charge is 0.326 e. The fourth-order valence-electron chi connectivity index (χ4n) is 2.53. The molecule has 21 heavy (non-hydrogen) atoms. The molecule has 0 aliphatic carbocycles. The van der Waals surface area contributed by atoms with Gasteiger partial charge in [0.15, 0.2) is 0 Å². The maximum absolute atomic E-state index is 12.8. The van der Waals surface area contributed by atoms with Gasteiger partial charge in [0.25, 0.3) is 0 Å². The molecule has 0 radical (unpaired) electrons. The van der Waals surface area contributed by atoms with Crippen molar-refractivity contribution in [1.82, 2.24) is 5.32 Å². The molecular formula is C15H19F3N2O. The number of alkyl halides is 3. The van der Waals surface area contributed by atoms with Gasteiger partial charge in [-0.25, -0.2) is 0 Å². The van der Waals surface area contributed by atoms with Crippen molar-refractivity contribution in [2.75, 3.05) is 11.9 Å². The van der Waals surface area contributed by atoms with Crippen LogP contribution in [-0.4, -0.2) is 18.5 Å². The third kappa shape index (κ3) is 4.74. The van der Waals surface area contributed by atoms with E-state index in [1.807, 2.05) is 0 Å². The number of hydrogen-bond acceptors (Lipinski definition) is 2. The van der Waals surface area contributed by atoms with Crippen LogP contribution in [0.3, 0.4) is 0 Å². The first-order valence-corrected chi connectivity index (χ1v) is 7.16. The van der Waals surface area contributed by atoms with Gasteiger partial charge in [-0.2, -0.15) is 13.2 Å². The molecule has 2 rings (SSSR count). The second-order valence-corrected chi connectivity index (χ2v) is 5.28. The van der Waals surface area contributed by atoms with Crippen LogP contribution in [0.1, 0.15) is 37.7 Å². The van der Waals surface area contributed by atoms with Gasteiger partial charge in [0.05, 0.1) is 11.3 Å². The van der Waals surface area contributed by atoms with Crippen LogP contribution in [-0.2, 0) is 11.0 Å². The van der Waals surface area contributed by atoms with E-state index in [9.17, 15) is 18.0 Å². The number of rotatable bonds is 4. The van der Waals surface area contributed by atoms with Crippen LogP contribution in [0.25, 0.3) is 0 Å². The normalized spacial score (nSPS) is 19.3. The molecule has 0 aromatic heterocycles. The highest BCUT2D eigenvalue weighted by molar-refractivity contribution is 5.91. The van der Waals surface area contributed by atoms with Crippen molar-refractivity contribution in [3.8, 4) is 0 Å². The number of piperidine rings is 1. The van der Waals surface area contributed by atoms with Crippen molar-refractivity contribution in [1.29, 1.82) is 0 Å². The summed E-state index contributed by atoms with van der Waals surface area (Å²) in [4.78, 5) is 11.8. The van der Waals surface area contributed by atoms with Crippen molar-refractivity contribution in [3.63, 3.8) is 0 Å². The third-order valence-electron chi connectivity index (χ3n) is 3.64. The lowest BCUT2D eigenvalue weighted by molar-refractivity contribution is -0.137. The van der Waals surface area contributed by atoms with Gasteiger partial charge in [0, 0.05) is 12.5 Å². The maximum atomic E-state index is 12.8. The summed E-state index contributed by atoms with van der Waals surface area (Å²) in [6, 6.07) is 5.33. The van der Waals surface area contributed by atoms with E-state index in [1.54, 1.807) is 0 Å².